The Morgan fingerprint density at radius 3 is 2.58 bits per heavy atom. The van der Waals surface area contributed by atoms with Crippen LogP contribution in [0.1, 0.15) is 43.4 Å². The summed E-state index contributed by atoms with van der Waals surface area (Å²) in [6, 6.07) is 7.92. The fraction of sp³-hybridized carbons (Fsp3) is 0.381. The van der Waals surface area contributed by atoms with Crippen LogP contribution in [-0.2, 0) is 20.8 Å². The Kier molecular flexibility index (Phi) is 6.90. The fourth-order valence-corrected chi connectivity index (χ4v) is 4.73. The van der Waals surface area contributed by atoms with E-state index < -0.39 is 27.6 Å². The third-order valence-electron chi connectivity index (χ3n) is 4.83. The molecule has 1 unspecified atom stereocenters. The maximum Gasteiger partial charge on any atom is 0.416 e. The zero-order valence-electron chi connectivity index (χ0n) is 16.8. The number of nitrogens with one attached hydrogen (secondary N) is 2. The van der Waals surface area contributed by atoms with Gasteiger partial charge in [-0.1, -0.05) is 19.1 Å². The summed E-state index contributed by atoms with van der Waals surface area (Å²) >= 11 is 0. The van der Waals surface area contributed by atoms with E-state index in [1.54, 1.807) is 13.0 Å². The van der Waals surface area contributed by atoms with Gasteiger partial charge in [-0.05, 0) is 49.6 Å². The summed E-state index contributed by atoms with van der Waals surface area (Å²) in [5, 5.41) is 4.94. The molecule has 2 amide bonds. The summed E-state index contributed by atoms with van der Waals surface area (Å²) < 4.78 is 69.3. The van der Waals surface area contributed by atoms with E-state index in [4.69, 9.17) is 4.74 Å². The van der Waals surface area contributed by atoms with Crippen LogP contribution in [0, 0.1) is 0 Å². The van der Waals surface area contributed by atoms with Crippen molar-refractivity contribution >= 4 is 27.2 Å². The molecular weight excluding hydrogens is 433 g/mol. The molecule has 0 radical (unpaired) electrons. The van der Waals surface area contributed by atoms with Crippen molar-refractivity contribution in [3.63, 3.8) is 0 Å². The summed E-state index contributed by atoms with van der Waals surface area (Å²) in [5.41, 5.74) is -0.0700. The summed E-state index contributed by atoms with van der Waals surface area (Å²) in [6.07, 6.45) is -2.86. The Bertz CT molecular complexity index is 1050. The van der Waals surface area contributed by atoms with Gasteiger partial charge in [-0.25, -0.2) is 13.2 Å². The van der Waals surface area contributed by atoms with E-state index in [1.807, 2.05) is 0 Å². The van der Waals surface area contributed by atoms with Crippen molar-refractivity contribution in [1.82, 2.24) is 0 Å². The SMILES string of the molecule is CCCS(=O)(=O)c1ccc(C2CCCO2)c(NC(=O)Nc2cccc(C(F)(F)F)c2)c1. The van der Waals surface area contributed by atoms with Crippen LogP contribution in [0.3, 0.4) is 0 Å². The predicted molar refractivity (Wildman–Crippen MR) is 111 cm³/mol. The number of sulfone groups is 1. The van der Waals surface area contributed by atoms with Crippen molar-refractivity contribution in [1.29, 1.82) is 0 Å². The Labute approximate surface area is 178 Å². The summed E-state index contributed by atoms with van der Waals surface area (Å²) in [6.45, 7) is 2.30. The van der Waals surface area contributed by atoms with Gasteiger partial charge in [0.25, 0.3) is 0 Å². The van der Waals surface area contributed by atoms with Crippen LogP contribution < -0.4 is 10.6 Å². The zero-order chi connectivity index (χ0) is 22.6. The molecule has 1 aliphatic heterocycles. The molecule has 3 rings (SSSR count). The van der Waals surface area contributed by atoms with Crippen LogP contribution in [0.4, 0.5) is 29.3 Å². The number of benzene rings is 2. The van der Waals surface area contributed by atoms with Crippen LogP contribution in [0.25, 0.3) is 0 Å². The molecule has 0 aromatic heterocycles. The number of hydrogen-bond acceptors (Lipinski definition) is 4. The Hall–Kier alpha value is -2.59. The first-order valence-electron chi connectivity index (χ1n) is 9.84. The van der Waals surface area contributed by atoms with Crippen LogP contribution >= 0.6 is 0 Å². The quantitative estimate of drug-likeness (QED) is 0.611. The molecule has 31 heavy (non-hydrogen) atoms. The molecule has 2 aromatic carbocycles. The molecule has 2 aromatic rings. The van der Waals surface area contributed by atoms with Crippen molar-refractivity contribution in [3.8, 4) is 0 Å². The lowest BCUT2D eigenvalue weighted by Gasteiger charge is -2.18. The third-order valence-corrected chi connectivity index (χ3v) is 6.75. The molecule has 0 spiro atoms. The van der Waals surface area contributed by atoms with Gasteiger partial charge in [0, 0.05) is 23.5 Å². The monoisotopic (exact) mass is 456 g/mol. The minimum absolute atomic E-state index is 0.0395. The van der Waals surface area contributed by atoms with Gasteiger partial charge in [-0.2, -0.15) is 13.2 Å². The highest BCUT2D eigenvalue weighted by atomic mass is 32.2. The van der Waals surface area contributed by atoms with E-state index in [0.717, 1.165) is 18.6 Å². The summed E-state index contributed by atoms with van der Waals surface area (Å²) in [5.74, 6) is -0.0395. The number of ether oxygens (including phenoxy) is 1. The molecule has 0 saturated carbocycles. The number of carbonyl (C=O) groups is 1. The molecule has 0 aliphatic carbocycles. The first-order chi connectivity index (χ1) is 14.6. The number of halogens is 3. The van der Waals surface area contributed by atoms with E-state index in [1.165, 1.54) is 24.3 Å². The zero-order valence-corrected chi connectivity index (χ0v) is 17.6. The Morgan fingerprint density at radius 2 is 1.94 bits per heavy atom. The van der Waals surface area contributed by atoms with Crippen LogP contribution in [0.15, 0.2) is 47.4 Å². The second kappa shape index (κ2) is 9.27. The van der Waals surface area contributed by atoms with Gasteiger partial charge < -0.3 is 15.4 Å². The average Bonchev–Trinajstić information content (AvgIpc) is 3.22. The Balaban J connectivity index is 1.87. The second-order valence-electron chi connectivity index (χ2n) is 7.23. The smallest absolute Gasteiger partial charge is 0.373 e. The molecule has 1 fully saturated rings. The lowest BCUT2D eigenvalue weighted by atomic mass is 10.0. The number of hydrogen-bond donors (Lipinski definition) is 2. The van der Waals surface area contributed by atoms with E-state index >= 15 is 0 Å². The van der Waals surface area contributed by atoms with Gasteiger partial charge >= 0.3 is 12.2 Å². The van der Waals surface area contributed by atoms with Gasteiger partial charge in [0.2, 0.25) is 0 Å². The first-order valence-corrected chi connectivity index (χ1v) is 11.5. The number of amides is 2. The fourth-order valence-electron chi connectivity index (χ4n) is 3.39. The van der Waals surface area contributed by atoms with E-state index in [9.17, 15) is 26.4 Å². The second-order valence-corrected chi connectivity index (χ2v) is 9.34. The largest absolute Gasteiger partial charge is 0.416 e. The van der Waals surface area contributed by atoms with Gasteiger partial charge in [0.1, 0.15) is 0 Å². The van der Waals surface area contributed by atoms with Crippen molar-refractivity contribution in [2.75, 3.05) is 23.0 Å². The van der Waals surface area contributed by atoms with Crippen LogP contribution in [-0.4, -0.2) is 26.8 Å². The standard InChI is InChI=1S/C21H23F3N2O4S/c1-2-11-31(28,29)16-8-9-17(19-7-4-10-30-19)18(13-16)26-20(27)25-15-6-3-5-14(12-15)21(22,23)24/h3,5-6,8-9,12-13,19H,2,4,7,10-11H2,1H3,(H2,25,26,27). The van der Waals surface area contributed by atoms with Crippen molar-refractivity contribution in [2.24, 2.45) is 0 Å². The van der Waals surface area contributed by atoms with Gasteiger partial charge in [0.15, 0.2) is 9.84 Å². The Morgan fingerprint density at radius 1 is 1.16 bits per heavy atom. The number of alkyl halides is 3. The highest BCUT2D eigenvalue weighted by Crippen LogP contribution is 2.35. The molecule has 10 heteroatoms. The molecular formula is C21H23F3N2O4S. The topological polar surface area (TPSA) is 84.5 Å². The molecule has 1 saturated heterocycles. The molecule has 1 aliphatic rings. The van der Waals surface area contributed by atoms with Crippen molar-refractivity contribution in [2.45, 2.75) is 43.4 Å². The van der Waals surface area contributed by atoms with E-state index in [0.29, 0.717) is 25.0 Å². The molecule has 2 N–H and O–H groups in total. The minimum Gasteiger partial charge on any atom is -0.373 e. The molecule has 0 bridgehead atoms. The molecule has 1 atom stereocenters. The minimum atomic E-state index is -4.54. The number of rotatable bonds is 6. The normalized spacial score (nSPS) is 16.8. The highest BCUT2D eigenvalue weighted by Gasteiger charge is 2.30. The predicted octanol–water partition coefficient (Wildman–Crippen LogP) is 5.38. The number of carbonyl (C=O) groups excluding carboxylic acids is 1. The van der Waals surface area contributed by atoms with Gasteiger partial charge in [-0.15, -0.1) is 0 Å². The van der Waals surface area contributed by atoms with Gasteiger partial charge in [-0.3, -0.25) is 0 Å². The van der Waals surface area contributed by atoms with E-state index in [-0.39, 0.29) is 28.1 Å². The lowest BCUT2D eigenvalue weighted by molar-refractivity contribution is -0.137. The molecule has 1 heterocycles. The van der Waals surface area contributed by atoms with E-state index in [2.05, 4.69) is 10.6 Å². The molecule has 6 nitrogen and oxygen atoms in total. The summed E-state index contributed by atoms with van der Waals surface area (Å²) in [4.78, 5) is 12.6. The number of anilines is 2. The lowest BCUT2D eigenvalue weighted by Crippen LogP contribution is -2.21. The maximum absolute atomic E-state index is 12.9. The third kappa shape index (κ3) is 5.76. The first kappa shape index (κ1) is 23.1. The van der Waals surface area contributed by atoms with Crippen LogP contribution in [0.2, 0.25) is 0 Å². The van der Waals surface area contributed by atoms with Crippen molar-refractivity contribution in [3.05, 3.63) is 53.6 Å². The number of urea groups is 1. The summed E-state index contributed by atoms with van der Waals surface area (Å²) in [7, 11) is -3.53. The highest BCUT2D eigenvalue weighted by molar-refractivity contribution is 7.91. The van der Waals surface area contributed by atoms with Gasteiger partial charge in [0.05, 0.1) is 22.3 Å². The van der Waals surface area contributed by atoms with Crippen molar-refractivity contribution < 1.29 is 31.1 Å². The average molecular weight is 456 g/mol. The maximum atomic E-state index is 12.9. The molecule has 168 valence electrons. The van der Waals surface area contributed by atoms with Crippen LogP contribution in [0.5, 0.6) is 0 Å².